The van der Waals surface area contributed by atoms with Gasteiger partial charge >= 0.3 is 0 Å². The van der Waals surface area contributed by atoms with Gasteiger partial charge in [0.1, 0.15) is 6.04 Å². The molecule has 126 valence electrons. The summed E-state index contributed by atoms with van der Waals surface area (Å²) in [5.74, 6) is -0.105. The predicted molar refractivity (Wildman–Crippen MR) is 88.4 cm³/mol. The topological polar surface area (TPSA) is 69.7 Å². The number of amides is 3. The van der Waals surface area contributed by atoms with Gasteiger partial charge in [0.2, 0.25) is 11.8 Å². The maximum absolute atomic E-state index is 12.8. The van der Waals surface area contributed by atoms with E-state index in [1.54, 1.807) is 34.1 Å². The van der Waals surface area contributed by atoms with Crippen LogP contribution >= 0.6 is 0 Å². The van der Waals surface area contributed by atoms with E-state index in [4.69, 9.17) is 0 Å². The molecule has 6 nitrogen and oxygen atoms in total. The molecule has 1 N–H and O–H groups in total. The lowest BCUT2D eigenvalue weighted by Gasteiger charge is -2.40. The van der Waals surface area contributed by atoms with Crippen molar-refractivity contribution in [1.82, 2.24) is 9.80 Å². The van der Waals surface area contributed by atoms with Crippen molar-refractivity contribution in [3.05, 3.63) is 29.8 Å². The number of fused-ring (bicyclic) bond motifs is 2. The molecule has 0 bridgehead atoms. The smallest absolute Gasteiger partial charge is 0.256 e. The van der Waals surface area contributed by atoms with E-state index >= 15 is 0 Å². The van der Waals surface area contributed by atoms with Crippen LogP contribution in [-0.4, -0.2) is 53.2 Å². The first-order valence-electron chi connectivity index (χ1n) is 8.65. The number of nitrogens with zero attached hydrogens (tertiary/aromatic N) is 2. The highest BCUT2D eigenvalue weighted by Gasteiger charge is 2.41. The second-order valence-electron chi connectivity index (χ2n) is 6.81. The van der Waals surface area contributed by atoms with Crippen LogP contribution in [0.2, 0.25) is 0 Å². The Morgan fingerprint density at radius 2 is 1.83 bits per heavy atom. The molecule has 1 saturated carbocycles. The summed E-state index contributed by atoms with van der Waals surface area (Å²) in [6, 6.07) is 6.46. The first-order valence-corrected chi connectivity index (χ1v) is 8.65. The molecule has 24 heavy (non-hydrogen) atoms. The van der Waals surface area contributed by atoms with Gasteiger partial charge < -0.3 is 15.1 Å². The number of anilines is 1. The van der Waals surface area contributed by atoms with Crippen LogP contribution in [0.5, 0.6) is 0 Å². The van der Waals surface area contributed by atoms with E-state index in [9.17, 15) is 14.4 Å². The maximum Gasteiger partial charge on any atom is 0.256 e. The van der Waals surface area contributed by atoms with Crippen LogP contribution in [0.3, 0.4) is 0 Å². The third kappa shape index (κ3) is 2.46. The number of hydrogen-bond acceptors (Lipinski definition) is 3. The third-order valence-corrected chi connectivity index (χ3v) is 5.38. The lowest BCUT2D eigenvalue weighted by atomic mass is 10.0. The standard InChI is InChI=1S/C18H21N3O3/c22-16-15-11-20(17(23)12-5-1-2-6-12)9-10-21(15)18(24)13-7-3-4-8-14(13)19-16/h3-4,7-8,12,15H,1-2,5-6,9-11H2,(H,19,22). The van der Waals surface area contributed by atoms with Crippen molar-refractivity contribution >= 4 is 23.4 Å². The Morgan fingerprint density at radius 3 is 2.62 bits per heavy atom. The summed E-state index contributed by atoms with van der Waals surface area (Å²) in [7, 11) is 0. The SMILES string of the molecule is O=C1Nc2ccccc2C(=O)N2CCN(C(=O)C3CCCC3)CC12. The fraction of sp³-hybridized carbons (Fsp3) is 0.500. The summed E-state index contributed by atoms with van der Waals surface area (Å²) >= 11 is 0. The predicted octanol–water partition coefficient (Wildman–Crippen LogP) is 1.48. The Morgan fingerprint density at radius 1 is 1.08 bits per heavy atom. The highest BCUT2D eigenvalue weighted by Crippen LogP contribution is 2.29. The average Bonchev–Trinajstić information content (AvgIpc) is 3.12. The van der Waals surface area contributed by atoms with Crippen LogP contribution in [-0.2, 0) is 9.59 Å². The van der Waals surface area contributed by atoms with Gasteiger partial charge in [0.25, 0.3) is 5.91 Å². The molecule has 1 aromatic rings. The van der Waals surface area contributed by atoms with Gasteiger partial charge in [-0.1, -0.05) is 25.0 Å². The molecule has 1 aromatic carbocycles. The molecule has 3 amide bonds. The second kappa shape index (κ2) is 5.92. The summed E-state index contributed by atoms with van der Waals surface area (Å²) in [5.41, 5.74) is 1.07. The normalized spacial score (nSPS) is 24.2. The molecular formula is C18H21N3O3. The average molecular weight is 327 g/mol. The number of hydrogen-bond donors (Lipinski definition) is 1. The number of para-hydroxylation sites is 1. The van der Waals surface area contributed by atoms with Gasteiger partial charge in [0, 0.05) is 19.0 Å². The van der Waals surface area contributed by atoms with Crippen LogP contribution in [0.1, 0.15) is 36.0 Å². The highest BCUT2D eigenvalue weighted by molar-refractivity contribution is 6.10. The molecule has 1 saturated heterocycles. The van der Waals surface area contributed by atoms with Crippen molar-refractivity contribution < 1.29 is 14.4 Å². The number of rotatable bonds is 1. The highest BCUT2D eigenvalue weighted by atomic mass is 16.2. The minimum absolute atomic E-state index is 0.0956. The summed E-state index contributed by atoms with van der Waals surface area (Å²) in [4.78, 5) is 41.4. The van der Waals surface area contributed by atoms with Gasteiger partial charge in [-0.05, 0) is 25.0 Å². The molecule has 2 aliphatic heterocycles. The molecule has 0 aromatic heterocycles. The van der Waals surface area contributed by atoms with Gasteiger partial charge in [-0.2, -0.15) is 0 Å². The van der Waals surface area contributed by atoms with E-state index in [0.717, 1.165) is 25.7 Å². The first kappa shape index (κ1) is 15.2. The zero-order valence-corrected chi connectivity index (χ0v) is 13.5. The molecule has 4 rings (SSSR count). The van der Waals surface area contributed by atoms with Gasteiger partial charge in [-0.25, -0.2) is 0 Å². The number of nitrogens with one attached hydrogen (secondary N) is 1. The Labute approximate surface area is 140 Å². The zero-order chi connectivity index (χ0) is 16.7. The molecule has 1 aliphatic carbocycles. The Kier molecular flexibility index (Phi) is 3.75. The van der Waals surface area contributed by atoms with Crippen molar-refractivity contribution in [3.63, 3.8) is 0 Å². The van der Waals surface area contributed by atoms with Crippen LogP contribution < -0.4 is 5.32 Å². The molecule has 1 unspecified atom stereocenters. The summed E-state index contributed by atoms with van der Waals surface area (Å²) in [5, 5.41) is 2.84. The van der Waals surface area contributed by atoms with Crippen molar-refractivity contribution in [2.45, 2.75) is 31.7 Å². The van der Waals surface area contributed by atoms with Crippen LogP contribution in [0, 0.1) is 5.92 Å². The van der Waals surface area contributed by atoms with E-state index in [2.05, 4.69) is 5.32 Å². The van der Waals surface area contributed by atoms with E-state index in [0.29, 0.717) is 30.9 Å². The lowest BCUT2D eigenvalue weighted by Crippen LogP contribution is -2.60. The van der Waals surface area contributed by atoms with Crippen molar-refractivity contribution in [2.24, 2.45) is 5.92 Å². The van der Waals surface area contributed by atoms with Crippen molar-refractivity contribution in [2.75, 3.05) is 25.0 Å². The summed E-state index contributed by atoms with van der Waals surface area (Å²) in [6.45, 7) is 1.21. The fourth-order valence-corrected chi connectivity index (χ4v) is 4.03. The largest absolute Gasteiger partial charge is 0.338 e. The van der Waals surface area contributed by atoms with E-state index in [-0.39, 0.29) is 23.6 Å². The van der Waals surface area contributed by atoms with E-state index < -0.39 is 6.04 Å². The number of piperazine rings is 1. The molecule has 2 fully saturated rings. The number of benzene rings is 1. The van der Waals surface area contributed by atoms with Crippen molar-refractivity contribution in [3.8, 4) is 0 Å². The minimum atomic E-state index is -0.607. The Hall–Kier alpha value is -2.37. The molecule has 0 radical (unpaired) electrons. The molecular weight excluding hydrogens is 306 g/mol. The first-order chi connectivity index (χ1) is 11.6. The number of carbonyl (C=O) groups excluding carboxylic acids is 3. The van der Waals surface area contributed by atoms with E-state index in [1.165, 1.54) is 0 Å². The van der Waals surface area contributed by atoms with Gasteiger partial charge in [-0.15, -0.1) is 0 Å². The van der Waals surface area contributed by atoms with Gasteiger partial charge in [0.15, 0.2) is 0 Å². The Balaban J connectivity index is 1.57. The molecule has 0 spiro atoms. The van der Waals surface area contributed by atoms with Crippen LogP contribution in [0.25, 0.3) is 0 Å². The quantitative estimate of drug-likeness (QED) is 0.849. The van der Waals surface area contributed by atoms with Crippen molar-refractivity contribution in [1.29, 1.82) is 0 Å². The third-order valence-electron chi connectivity index (χ3n) is 5.38. The number of carbonyl (C=O) groups is 3. The molecule has 6 heteroatoms. The summed E-state index contributed by atoms with van der Waals surface area (Å²) in [6.07, 6.45) is 4.10. The van der Waals surface area contributed by atoms with Gasteiger partial charge in [-0.3, -0.25) is 14.4 Å². The van der Waals surface area contributed by atoms with Crippen LogP contribution in [0.15, 0.2) is 24.3 Å². The fourth-order valence-electron chi connectivity index (χ4n) is 4.03. The zero-order valence-electron chi connectivity index (χ0n) is 13.5. The van der Waals surface area contributed by atoms with Gasteiger partial charge in [0.05, 0.1) is 17.8 Å². The second-order valence-corrected chi connectivity index (χ2v) is 6.81. The molecule has 2 heterocycles. The van der Waals surface area contributed by atoms with Crippen LogP contribution in [0.4, 0.5) is 5.69 Å². The maximum atomic E-state index is 12.8. The monoisotopic (exact) mass is 327 g/mol. The molecule has 1 atom stereocenters. The Bertz CT molecular complexity index is 697. The minimum Gasteiger partial charge on any atom is -0.338 e. The molecule has 3 aliphatic rings. The van der Waals surface area contributed by atoms with E-state index in [1.807, 2.05) is 0 Å². The lowest BCUT2D eigenvalue weighted by molar-refractivity contribution is -0.139. The summed E-state index contributed by atoms with van der Waals surface area (Å²) < 4.78 is 0.